The maximum absolute atomic E-state index is 15.0. The SMILES string of the molecule is Nc1ncnc(Oc2ccc(NC(=O)c3cnn(-c4ncccc4F)c3C(F)(F)F)cc2F)c1CN1CCOCC1. The number of alkyl halides is 3. The van der Waals surface area contributed by atoms with Crippen LogP contribution in [0.2, 0.25) is 0 Å². The molecule has 41 heavy (non-hydrogen) atoms. The van der Waals surface area contributed by atoms with Crippen molar-refractivity contribution in [2.75, 3.05) is 37.4 Å². The molecule has 0 aliphatic carbocycles. The van der Waals surface area contributed by atoms with Crippen molar-refractivity contribution in [2.45, 2.75) is 12.7 Å². The Balaban J connectivity index is 1.36. The molecule has 1 aliphatic rings. The van der Waals surface area contributed by atoms with Crippen LogP contribution in [0.5, 0.6) is 11.6 Å². The van der Waals surface area contributed by atoms with Crippen molar-refractivity contribution < 1.29 is 36.2 Å². The first-order valence-corrected chi connectivity index (χ1v) is 12.1. The van der Waals surface area contributed by atoms with Crippen molar-refractivity contribution in [1.29, 1.82) is 0 Å². The van der Waals surface area contributed by atoms with Gasteiger partial charge in [-0.1, -0.05) is 0 Å². The van der Waals surface area contributed by atoms with Gasteiger partial charge in [-0.2, -0.15) is 18.3 Å². The number of carbonyl (C=O) groups excluding carboxylic acids is 1. The summed E-state index contributed by atoms with van der Waals surface area (Å²) in [6.45, 7) is 2.69. The fraction of sp³-hybridized carbons (Fsp3) is 0.240. The number of pyridine rings is 1. The average Bonchev–Trinajstić information content (AvgIpc) is 3.39. The molecule has 0 saturated carbocycles. The Morgan fingerprint density at radius 3 is 2.59 bits per heavy atom. The maximum atomic E-state index is 15.0. The van der Waals surface area contributed by atoms with Crippen molar-refractivity contribution in [3.8, 4) is 17.4 Å². The lowest BCUT2D eigenvalue weighted by atomic mass is 10.2. The molecule has 0 radical (unpaired) electrons. The molecule has 0 bridgehead atoms. The molecule has 11 nitrogen and oxygen atoms in total. The number of nitrogen functional groups attached to an aromatic ring is 1. The predicted molar refractivity (Wildman–Crippen MR) is 133 cm³/mol. The van der Waals surface area contributed by atoms with Gasteiger partial charge in [0.1, 0.15) is 12.1 Å². The number of nitrogens with two attached hydrogens (primary N) is 1. The van der Waals surface area contributed by atoms with Crippen LogP contribution in [-0.2, 0) is 17.5 Å². The molecule has 3 aromatic heterocycles. The molecular weight excluding hydrogens is 555 g/mol. The van der Waals surface area contributed by atoms with Gasteiger partial charge in [0.2, 0.25) is 5.88 Å². The van der Waals surface area contributed by atoms with Gasteiger partial charge in [-0.15, -0.1) is 0 Å². The summed E-state index contributed by atoms with van der Waals surface area (Å²) in [7, 11) is 0. The maximum Gasteiger partial charge on any atom is 0.434 e. The van der Waals surface area contributed by atoms with Crippen molar-refractivity contribution >= 4 is 17.4 Å². The van der Waals surface area contributed by atoms with E-state index in [1.807, 2.05) is 4.90 Å². The third-order valence-electron chi connectivity index (χ3n) is 6.04. The lowest BCUT2D eigenvalue weighted by Gasteiger charge is -2.27. The zero-order chi connectivity index (χ0) is 29.1. The van der Waals surface area contributed by atoms with Crippen LogP contribution in [0.15, 0.2) is 49.1 Å². The van der Waals surface area contributed by atoms with Gasteiger partial charge in [0.05, 0.1) is 30.5 Å². The van der Waals surface area contributed by atoms with Crippen molar-refractivity contribution in [2.24, 2.45) is 0 Å². The number of nitrogens with zero attached hydrogens (tertiary/aromatic N) is 6. The highest BCUT2D eigenvalue weighted by atomic mass is 19.4. The Kier molecular flexibility index (Phi) is 7.76. The fourth-order valence-electron chi connectivity index (χ4n) is 4.07. The second-order valence-corrected chi connectivity index (χ2v) is 8.76. The van der Waals surface area contributed by atoms with Crippen molar-refractivity contribution in [3.63, 3.8) is 0 Å². The number of benzene rings is 1. The quantitative estimate of drug-likeness (QED) is 0.315. The van der Waals surface area contributed by atoms with Crippen molar-refractivity contribution in [3.05, 3.63) is 77.5 Å². The van der Waals surface area contributed by atoms with Gasteiger partial charge in [0.15, 0.2) is 28.9 Å². The Labute approximate surface area is 228 Å². The van der Waals surface area contributed by atoms with E-state index in [9.17, 15) is 26.7 Å². The summed E-state index contributed by atoms with van der Waals surface area (Å²) in [5.41, 5.74) is 3.79. The summed E-state index contributed by atoms with van der Waals surface area (Å²) in [6.07, 6.45) is -2.24. The number of anilines is 2. The normalized spacial score (nSPS) is 14.2. The standard InChI is InChI=1S/C25H21F5N8O3/c26-17-2-1-5-32-22(17)38-20(25(28,29)30)15(11-35-38)23(39)36-14-3-4-19(18(27)10-14)41-24-16(21(31)33-13-34-24)12-37-6-8-40-9-7-37/h1-5,10-11,13H,6-9,12H2,(H,36,39)(H2,31,33,34). The molecule has 1 amide bonds. The molecule has 1 aliphatic heterocycles. The molecule has 0 spiro atoms. The fourth-order valence-corrected chi connectivity index (χ4v) is 4.07. The van der Waals surface area contributed by atoms with Crippen LogP contribution in [0.1, 0.15) is 21.6 Å². The van der Waals surface area contributed by atoms with Gasteiger partial charge in [-0.3, -0.25) is 9.69 Å². The number of hydrogen-bond acceptors (Lipinski definition) is 9. The number of ether oxygens (including phenoxy) is 2. The minimum Gasteiger partial charge on any atom is -0.435 e. The highest BCUT2D eigenvalue weighted by molar-refractivity contribution is 6.05. The number of hydrogen-bond donors (Lipinski definition) is 2. The second kappa shape index (κ2) is 11.4. The van der Waals surface area contributed by atoms with Gasteiger partial charge in [-0.25, -0.2) is 28.4 Å². The summed E-state index contributed by atoms with van der Waals surface area (Å²) in [6, 6.07) is 5.33. The second-order valence-electron chi connectivity index (χ2n) is 8.76. The summed E-state index contributed by atoms with van der Waals surface area (Å²) in [5.74, 6) is -4.14. The average molecular weight is 576 g/mol. The van der Waals surface area contributed by atoms with Crippen molar-refractivity contribution in [1.82, 2.24) is 29.6 Å². The lowest BCUT2D eigenvalue weighted by Crippen LogP contribution is -2.36. The molecule has 1 saturated heterocycles. The minimum absolute atomic E-state index is 0.0173. The number of morpholine rings is 1. The molecular formula is C25H21F5N8O3. The highest BCUT2D eigenvalue weighted by Gasteiger charge is 2.41. The van der Waals surface area contributed by atoms with Crippen LogP contribution < -0.4 is 15.8 Å². The topological polar surface area (TPSA) is 133 Å². The Morgan fingerprint density at radius 2 is 1.88 bits per heavy atom. The molecule has 4 aromatic rings. The number of halogens is 5. The summed E-state index contributed by atoms with van der Waals surface area (Å²) in [5, 5.41) is 5.71. The van der Waals surface area contributed by atoms with Crippen LogP contribution in [0, 0.1) is 11.6 Å². The Bertz CT molecular complexity index is 1570. The van der Waals surface area contributed by atoms with E-state index >= 15 is 0 Å². The van der Waals surface area contributed by atoms with Gasteiger partial charge >= 0.3 is 6.18 Å². The monoisotopic (exact) mass is 576 g/mol. The predicted octanol–water partition coefficient (Wildman–Crippen LogP) is 3.81. The molecule has 3 N–H and O–H groups in total. The van der Waals surface area contributed by atoms with Crippen LogP contribution in [0.3, 0.4) is 0 Å². The largest absolute Gasteiger partial charge is 0.435 e. The van der Waals surface area contributed by atoms with E-state index in [0.29, 0.717) is 44.6 Å². The van der Waals surface area contributed by atoms with E-state index in [1.54, 1.807) is 0 Å². The smallest absolute Gasteiger partial charge is 0.434 e. The van der Waals surface area contributed by atoms with Crippen LogP contribution >= 0.6 is 0 Å². The van der Waals surface area contributed by atoms with Crippen LogP contribution in [0.25, 0.3) is 5.82 Å². The molecule has 5 rings (SSSR count). The molecule has 16 heteroatoms. The van der Waals surface area contributed by atoms with Gasteiger partial charge in [0, 0.05) is 37.6 Å². The minimum atomic E-state index is -5.10. The van der Waals surface area contributed by atoms with E-state index in [2.05, 4.69) is 25.4 Å². The number of carbonyl (C=O) groups is 1. The zero-order valence-electron chi connectivity index (χ0n) is 21.0. The lowest BCUT2D eigenvalue weighted by molar-refractivity contribution is -0.143. The van der Waals surface area contributed by atoms with E-state index in [4.69, 9.17) is 15.2 Å². The zero-order valence-corrected chi connectivity index (χ0v) is 21.0. The first-order valence-electron chi connectivity index (χ1n) is 12.1. The van der Waals surface area contributed by atoms with Crippen LogP contribution in [-0.4, -0.2) is 61.8 Å². The summed E-state index contributed by atoms with van der Waals surface area (Å²) < 4.78 is 82.0. The summed E-state index contributed by atoms with van der Waals surface area (Å²) in [4.78, 5) is 26.5. The van der Waals surface area contributed by atoms with Crippen LogP contribution in [0.4, 0.5) is 33.5 Å². The highest BCUT2D eigenvalue weighted by Crippen LogP contribution is 2.35. The third-order valence-corrected chi connectivity index (χ3v) is 6.04. The Hall–Kier alpha value is -4.70. The van der Waals surface area contributed by atoms with E-state index < -0.39 is 40.8 Å². The summed E-state index contributed by atoms with van der Waals surface area (Å²) >= 11 is 0. The van der Waals surface area contributed by atoms with Gasteiger partial charge in [0.25, 0.3) is 5.91 Å². The molecule has 0 atom stereocenters. The Morgan fingerprint density at radius 1 is 1.10 bits per heavy atom. The molecule has 1 aromatic carbocycles. The van der Waals surface area contributed by atoms with Gasteiger partial charge < -0.3 is 20.5 Å². The number of nitrogens with one attached hydrogen (secondary N) is 1. The first-order chi connectivity index (χ1) is 19.6. The van der Waals surface area contributed by atoms with E-state index in [0.717, 1.165) is 24.7 Å². The number of amides is 1. The molecule has 214 valence electrons. The number of rotatable bonds is 7. The molecule has 1 fully saturated rings. The van der Waals surface area contributed by atoms with E-state index in [-0.39, 0.29) is 27.8 Å². The molecule has 4 heterocycles. The number of aromatic nitrogens is 5. The van der Waals surface area contributed by atoms with Gasteiger partial charge in [-0.05, 0) is 24.3 Å². The first kappa shape index (κ1) is 27.9. The van der Waals surface area contributed by atoms with E-state index in [1.165, 1.54) is 18.2 Å². The molecule has 0 unspecified atom stereocenters. The third kappa shape index (κ3) is 6.07.